The molecule has 1 rings (SSSR count). The van der Waals surface area contributed by atoms with Crippen molar-refractivity contribution in [1.29, 1.82) is 0 Å². The molecule has 4 heteroatoms. The highest BCUT2D eigenvalue weighted by Crippen LogP contribution is 2.31. The molecule has 0 aromatic heterocycles. The summed E-state index contributed by atoms with van der Waals surface area (Å²) in [5.74, 6) is -0.434. The second-order valence-electron chi connectivity index (χ2n) is 5.25. The number of carbonyl (C=O) groups is 2. The van der Waals surface area contributed by atoms with Crippen molar-refractivity contribution in [1.82, 2.24) is 0 Å². The molecule has 0 heterocycles. The van der Waals surface area contributed by atoms with Crippen molar-refractivity contribution in [3.05, 3.63) is 23.3 Å². The fourth-order valence-corrected chi connectivity index (χ4v) is 2.22. The molecule has 1 aliphatic rings. The second-order valence-corrected chi connectivity index (χ2v) is 5.25. The molecular formula is C15H22O4. The SMILES string of the molecule is C/C=C/CCC(=O)CC1=C(C)C(=O)[C@@](C)(O)[C@H](O)C1. The Hall–Kier alpha value is -1.26. The Kier molecular flexibility index (Phi) is 5.20. The van der Waals surface area contributed by atoms with Crippen molar-refractivity contribution in [2.75, 3.05) is 0 Å². The van der Waals surface area contributed by atoms with Gasteiger partial charge in [-0.1, -0.05) is 17.7 Å². The molecule has 0 saturated heterocycles. The summed E-state index contributed by atoms with van der Waals surface area (Å²) in [4.78, 5) is 23.7. The Balaban J connectivity index is 2.76. The van der Waals surface area contributed by atoms with Gasteiger partial charge in [-0.25, -0.2) is 0 Å². The average Bonchev–Trinajstić information content (AvgIpc) is 2.34. The summed E-state index contributed by atoms with van der Waals surface area (Å²) in [6, 6.07) is 0. The van der Waals surface area contributed by atoms with E-state index in [1.165, 1.54) is 6.92 Å². The highest BCUT2D eigenvalue weighted by molar-refractivity contribution is 6.03. The summed E-state index contributed by atoms with van der Waals surface area (Å²) in [7, 11) is 0. The number of rotatable bonds is 5. The van der Waals surface area contributed by atoms with Crippen LogP contribution in [0.15, 0.2) is 23.3 Å². The maximum Gasteiger partial charge on any atom is 0.192 e. The molecule has 0 aliphatic heterocycles. The minimum atomic E-state index is -1.73. The Morgan fingerprint density at radius 1 is 1.53 bits per heavy atom. The first-order valence-corrected chi connectivity index (χ1v) is 6.57. The zero-order chi connectivity index (χ0) is 14.6. The Morgan fingerprint density at radius 2 is 2.16 bits per heavy atom. The van der Waals surface area contributed by atoms with E-state index in [0.29, 0.717) is 24.0 Å². The lowest BCUT2D eigenvalue weighted by Gasteiger charge is -2.34. The van der Waals surface area contributed by atoms with Crippen LogP contribution in [0.25, 0.3) is 0 Å². The lowest BCUT2D eigenvalue weighted by Crippen LogP contribution is -2.50. The standard InChI is InChI=1S/C15H22O4/c1-4-5-6-7-12(16)8-11-9-13(17)15(3,19)14(18)10(11)2/h4-5,13,17,19H,6-9H2,1-3H3/b5-4+/t13-,15+/m1/s1. The summed E-state index contributed by atoms with van der Waals surface area (Å²) in [6.07, 6.45) is 4.16. The minimum absolute atomic E-state index is 0.0500. The van der Waals surface area contributed by atoms with Gasteiger partial charge in [-0.05, 0) is 39.2 Å². The van der Waals surface area contributed by atoms with Crippen LogP contribution in [-0.4, -0.2) is 33.5 Å². The van der Waals surface area contributed by atoms with E-state index in [2.05, 4.69) is 0 Å². The van der Waals surface area contributed by atoms with E-state index in [4.69, 9.17) is 0 Å². The normalized spacial score (nSPS) is 28.3. The van der Waals surface area contributed by atoms with E-state index in [1.54, 1.807) is 6.92 Å². The molecule has 0 saturated carbocycles. The predicted molar refractivity (Wildman–Crippen MR) is 72.6 cm³/mol. The molecule has 0 fully saturated rings. The maximum atomic E-state index is 11.9. The number of Topliss-reactive ketones (excluding diaryl/α,β-unsaturated/α-hetero) is 2. The fourth-order valence-electron chi connectivity index (χ4n) is 2.22. The van der Waals surface area contributed by atoms with Crippen LogP contribution in [0.1, 0.15) is 46.5 Å². The third-order valence-electron chi connectivity index (χ3n) is 3.66. The second kappa shape index (κ2) is 6.26. The van der Waals surface area contributed by atoms with Gasteiger partial charge < -0.3 is 10.2 Å². The van der Waals surface area contributed by atoms with Crippen molar-refractivity contribution < 1.29 is 19.8 Å². The van der Waals surface area contributed by atoms with E-state index in [0.717, 1.165) is 0 Å². The molecule has 0 spiro atoms. The van der Waals surface area contributed by atoms with Crippen LogP contribution in [-0.2, 0) is 9.59 Å². The van der Waals surface area contributed by atoms with Gasteiger partial charge in [-0.2, -0.15) is 0 Å². The average molecular weight is 266 g/mol. The van der Waals surface area contributed by atoms with Gasteiger partial charge in [0.2, 0.25) is 0 Å². The molecule has 0 amide bonds. The van der Waals surface area contributed by atoms with Crippen molar-refractivity contribution in [2.45, 2.75) is 58.2 Å². The van der Waals surface area contributed by atoms with Crippen LogP contribution in [0.4, 0.5) is 0 Å². The predicted octanol–water partition coefficient (Wildman–Crippen LogP) is 1.70. The first kappa shape index (κ1) is 15.8. The molecule has 0 radical (unpaired) electrons. The number of hydrogen-bond donors (Lipinski definition) is 2. The summed E-state index contributed by atoms with van der Waals surface area (Å²) in [6.45, 7) is 4.82. The van der Waals surface area contributed by atoms with Gasteiger partial charge in [0.1, 0.15) is 5.78 Å². The van der Waals surface area contributed by atoms with E-state index in [-0.39, 0.29) is 18.6 Å². The number of carbonyl (C=O) groups excluding carboxylic acids is 2. The highest BCUT2D eigenvalue weighted by Gasteiger charge is 2.43. The van der Waals surface area contributed by atoms with Gasteiger partial charge >= 0.3 is 0 Å². The lowest BCUT2D eigenvalue weighted by molar-refractivity contribution is -0.145. The summed E-state index contributed by atoms with van der Waals surface area (Å²) >= 11 is 0. The van der Waals surface area contributed by atoms with Gasteiger partial charge in [0, 0.05) is 12.8 Å². The van der Waals surface area contributed by atoms with Crippen molar-refractivity contribution >= 4 is 11.6 Å². The van der Waals surface area contributed by atoms with Gasteiger partial charge in [0.05, 0.1) is 6.10 Å². The zero-order valence-electron chi connectivity index (χ0n) is 11.8. The van der Waals surface area contributed by atoms with Crippen LogP contribution in [0.3, 0.4) is 0 Å². The molecule has 2 N–H and O–H groups in total. The molecule has 19 heavy (non-hydrogen) atoms. The van der Waals surface area contributed by atoms with E-state index >= 15 is 0 Å². The molecule has 4 nitrogen and oxygen atoms in total. The van der Waals surface area contributed by atoms with Gasteiger partial charge in [0.25, 0.3) is 0 Å². The summed E-state index contributed by atoms with van der Waals surface area (Å²) in [5, 5.41) is 19.7. The molecule has 0 aromatic rings. The number of hydrogen-bond acceptors (Lipinski definition) is 4. The topological polar surface area (TPSA) is 74.6 Å². The number of ketones is 2. The van der Waals surface area contributed by atoms with E-state index in [1.807, 2.05) is 19.1 Å². The molecule has 0 bridgehead atoms. The molecule has 0 unspecified atom stereocenters. The quantitative estimate of drug-likeness (QED) is 0.743. The first-order chi connectivity index (χ1) is 8.80. The van der Waals surface area contributed by atoms with Gasteiger partial charge in [-0.15, -0.1) is 0 Å². The monoisotopic (exact) mass is 266 g/mol. The van der Waals surface area contributed by atoms with Crippen molar-refractivity contribution in [3.8, 4) is 0 Å². The van der Waals surface area contributed by atoms with Crippen LogP contribution in [0.5, 0.6) is 0 Å². The summed E-state index contributed by atoms with van der Waals surface area (Å²) < 4.78 is 0. The Bertz CT molecular complexity index is 429. The smallest absolute Gasteiger partial charge is 0.192 e. The number of aliphatic hydroxyl groups is 2. The number of aliphatic hydroxyl groups excluding tert-OH is 1. The van der Waals surface area contributed by atoms with Crippen molar-refractivity contribution in [3.63, 3.8) is 0 Å². The molecule has 0 aromatic carbocycles. The van der Waals surface area contributed by atoms with Crippen LogP contribution < -0.4 is 0 Å². The van der Waals surface area contributed by atoms with Gasteiger partial charge in [0.15, 0.2) is 11.4 Å². The highest BCUT2D eigenvalue weighted by atomic mass is 16.3. The van der Waals surface area contributed by atoms with Crippen LogP contribution in [0.2, 0.25) is 0 Å². The maximum absolute atomic E-state index is 11.9. The zero-order valence-corrected chi connectivity index (χ0v) is 11.8. The Morgan fingerprint density at radius 3 is 2.74 bits per heavy atom. The van der Waals surface area contributed by atoms with Crippen molar-refractivity contribution in [2.24, 2.45) is 0 Å². The largest absolute Gasteiger partial charge is 0.389 e. The lowest BCUT2D eigenvalue weighted by atomic mass is 9.77. The Labute approximate surface area is 113 Å². The summed E-state index contributed by atoms with van der Waals surface area (Å²) in [5.41, 5.74) is -0.675. The van der Waals surface area contributed by atoms with E-state index in [9.17, 15) is 19.8 Å². The van der Waals surface area contributed by atoms with Crippen LogP contribution >= 0.6 is 0 Å². The third kappa shape index (κ3) is 3.61. The number of allylic oxidation sites excluding steroid dienone is 2. The molecule has 2 atom stereocenters. The van der Waals surface area contributed by atoms with E-state index < -0.39 is 17.5 Å². The molecule has 106 valence electrons. The fraction of sp³-hybridized carbons (Fsp3) is 0.600. The first-order valence-electron chi connectivity index (χ1n) is 6.57. The van der Waals surface area contributed by atoms with Gasteiger partial charge in [-0.3, -0.25) is 9.59 Å². The van der Waals surface area contributed by atoms with Crippen LogP contribution in [0, 0.1) is 0 Å². The third-order valence-corrected chi connectivity index (χ3v) is 3.66. The minimum Gasteiger partial charge on any atom is -0.389 e. The molecular weight excluding hydrogens is 244 g/mol. The molecule has 1 aliphatic carbocycles.